The summed E-state index contributed by atoms with van der Waals surface area (Å²) in [6.45, 7) is 7.04. The van der Waals surface area contributed by atoms with E-state index in [1.807, 2.05) is 12.1 Å². The quantitative estimate of drug-likeness (QED) is 0.648. The molecule has 0 saturated carbocycles. The van der Waals surface area contributed by atoms with Crippen LogP contribution < -0.4 is 11.1 Å². The number of nitrogens with two attached hydrogens (primary N) is 1. The van der Waals surface area contributed by atoms with Crippen LogP contribution in [0.2, 0.25) is 0 Å². The van der Waals surface area contributed by atoms with Crippen LogP contribution in [0.1, 0.15) is 38.1 Å². The minimum atomic E-state index is -0.237. The summed E-state index contributed by atoms with van der Waals surface area (Å²) in [5.41, 5.74) is 8.52. The maximum absolute atomic E-state index is 6.05. The molecule has 1 unspecified atom stereocenters. The smallest absolute Gasteiger partial charge is 0.0817 e. The molecule has 1 aromatic carbocycles. The third-order valence-electron chi connectivity index (χ3n) is 2.83. The molecule has 0 spiro atoms. The van der Waals surface area contributed by atoms with Crippen molar-refractivity contribution in [1.29, 1.82) is 0 Å². The lowest BCUT2D eigenvalue weighted by molar-refractivity contribution is 0.581. The summed E-state index contributed by atoms with van der Waals surface area (Å²) >= 11 is 0. The first kappa shape index (κ1) is 15.9. The number of terminal acetylenes is 1. The molecule has 102 valence electrons. The molecule has 0 radical (unpaired) electrons. The van der Waals surface area contributed by atoms with Gasteiger partial charge in [-0.1, -0.05) is 51.0 Å². The first-order valence-corrected chi connectivity index (χ1v) is 6.48. The Morgan fingerprint density at radius 2 is 1.80 bits per heavy atom. The van der Waals surface area contributed by atoms with E-state index in [9.17, 15) is 0 Å². The molecule has 1 aromatic rings. The monoisotopic (exact) mass is 264 g/mol. The van der Waals surface area contributed by atoms with Crippen molar-refractivity contribution < 1.29 is 0 Å². The molecule has 1 atom stereocenters. The largest absolute Gasteiger partial charge is 0.312 e. The summed E-state index contributed by atoms with van der Waals surface area (Å²) < 4.78 is 0. The lowest BCUT2D eigenvalue weighted by Gasteiger charge is -2.20. The van der Waals surface area contributed by atoms with Gasteiger partial charge in [0.1, 0.15) is 0 Å². The van der Waals surface area contributed by atoms with Gasteiger partial charge in [-0.2, -0.15) is 0 Å². The standard InChI is InChI=1S/C18H20N2/c1-5-6-7-8-9-14-20-17(19)15-10-12-16(13-11-15)18(2,3)4/h1,10-13,17,20H,14,19H2,2-4H3. The highest BCUT2D eigenvalue weighted by Gasteiger charge is 2.13. The Kier molecular flexibility index (Phi) is 5.89. The van der Waals surface area contributed by atoms with Crippen molar-refractivity contribution in [2.24, 2.45) is 5.73 Å². The van der Waals surface area contributed by atoms with E-state index in [0.29, 0.717) is 6.54 Å². The summed E-state index contributed by atoms with van der Waals surface area (Å²) in [5.74, 6) is 12.7. The molecule has 1 rings (SSSR count). The number of hydrogen-bond acceptors (Lipinski definition) is 2. The van der Waals surface area contributed by atoms with Gasteiger partial charge in [0.05, 0.1) is 12.7 Å². The van der Waals surface area contributed by atoms with Crippen LogP contribution in [0.4, 0.5) is 0 Å². The first-order valence-electron chi connectivity index (χ1n) is 6.48. The number of rotatable bonds is 3. The summed E-state index contributed by atoms with van der Waals surface area (Å²) in [5, 5.41) is 3.12. The average Bonchev–Trinajstić information content (AvgIpc) is 2.41. The summed E-state index contributed by atoms with van der Waals surface area (Å²) in [7, 11) is 0. The van der Waals surface area contributed by atoms with Gasteiger partial charge in [0.15, 0.2) is 0 Å². The fourth-order valence-corrected chi connectivity index (χ4v) is 1.63. The van der Waals surface area contributed by atoms with Crippen LogP contribution in [0.3, 0.4) is 0 Å². The van der Waals surface area contributed by atoms with E-state index in [-0.39, 0.29) is 11.6 Å². The van der Waals surface area contributed by atoms with Gasteiger partial charge in [0.25, 0.3) is 0 Å². The van der Waals surface area contributed by atoms with Crippen LogP contribution in [0.15, 0.2) is 24.3 Å². The third kappa shape index (κ3) is 5.21. The fraction of sp³-hybridized carbons (Fsp3) is 0.333. The van der Waals surface area contributed by atoms with E-state index in [0.717, 1.165) is 5.56 Å². The molecule has 0 fully saturated rings. The second-order valence-corrected chi connectivity index (χ2v) is 5.43. The van der Waals surface area contributed by atoms with Crippen molar-refractivity contribution in [2.75, 3.05) is 6.54 Å². The SMILES string of the molecule is C#CC#CC#CCNC(N)c1ccc(C(C)(C)C)cc1. The van der Waals surface area contributed by atoms with Crippen LogP contribution in [0.5, 0.6) is 0 Å². The Morgan fingerprint density at radius 3 is 2.35 bits per heavy atom. The van der Waals surface area contributed by atoms with E-state index < -0.39 is 0 Å². The maximum atomic E-state index is 6.05. The first-order chi connectivity index (χ1) is 9.45. The molecule has 0 amide bonds. The Labute approximate surface area is 122 Å². The van der Waals surface area contributed by atoms with Gasteiger partial charge in [-0.05, 0) is 40.2 Å². The van der Waals surface area contributed by atoms with Gasteiger partial charge in [-0.3, -0.25) is 5.32 Å². The molecule has 0 heterocycles. The van der Waals surface area contributed by atoms with Crippen molar-refractivity contribution >= 4 is 0 Å². The second-order valence-electron chi connectivity index (χ2n) is 5.43. The Balaban J connectivity index is 2.58. The van der Waals surface area contributed by atoms with Crippen LogP contribution in [-0.4, -0.2) is 6.54 Å². The van der Waals surface area contributed by atoms with Gasteiger partial charge in [-0.25, -0.2) is 0 Å². The van der Waals surface area contributed by atoms with Gasteiger partial charge in [-0.15, -0.1) is 6.42 Å². The molecule has 3 N–H and O–H groups in total. The van der Waals surface area contributed by atoms with Gasteiger partial charge >= 0.3 is 0 Å². The average molecular weight is 264 g/mol. The number of nitrogens with one attached hydrogen (secondary N) is 1. The van der Waals surface area contributed by atoms with Crippen LogP contribution in [0, 0.1) is 36.0 Å². The highest BCUT2D eigenvalue weighted by molar-refractivity contribution is 5.34. The van der Waals surface area contributed by atoms with Crippen molar-refractivity contribution in [3.63, 3.8) is 0 Å². The zero-order chi connectivity index (χ0) is 15.0. The molecule has 0 aliphatic rings. The van der Waals surface area contributed by atoms with Crippen molar-refractivity contribution in [3.05, 3.63) is 35.4 Å². The molecular weight excluding hydrogens is 244 g/mol. The number of hydrogen-bond donors (Lipinski definition) is 2. The molecule has 20 heavy (non-hydrogen) atoms. The number of benzene rings is 1. The van der Waals surface area contributed by atoms with Gasteiger partial charge in [0.2, 0.25) is 0 Å². The van der Waals surface area contributed by atoms with Gasteiger partial charge < -0.3 is 5.73 Å². The fourth-order valence-electron chi connectivity index (χ4n) is 1.63. The van der Waals surface area contributed by atoms with Gasteiger partial charge in [0, 0.05) is 0 Å². The second kappa shape index (κ2) is 7.42. The van der Waals surface area contributed by atoms with Crippen LogP contribution >= 0.6 is 0 Å². The van der Waals surface area contributed by atoms with E-state index in [2.05, 4.69) is 67.8 Å². The zero-order valence-corrected chi connectivity index (χ0v) is 12.2. The van der Waals surface area contributed by atoms with E-state index in [1.54, 1.807) is 0 Å². The predicted molar refractivity (Wildman–Crippen MR) is 84.5 cm³/mol. The maximum Gasteiger partial charge on any atom is 0.0817 e. The minimum absolute atomic E-state index is 0.150. The Bertz CT molecular complexity index is 590. The molecule has 2 heteroatoms. The summed E-state index contributed by atoms with van der Waals surface area (Å²) in [6.07, 6.45) is 4.75. The minimum Gasteiger partial charge on any atom is -0.312 e. The summed E-state index contributed by atoms with van der Waals surface area (Å²) in [4.78, 5) is 0. The van der Waals surface area contributed by atoms with Crippen molar-refractivity contribution in [1.82, 2.24) is 5.32 Å². The molecule has 2 nitrogen and oxygen atoms in total. The molecule has 0 saturated heterocycles. The molecule has 0 aliphatic heterocycles. The highest BCUT2D eigenvalue weighted by atomic mass is 15.0. The Hall–Kier alpha value is -2.18. The van der Waals surface area contributed by atoms with E-state index in [4.69, 9.17) is 12.2 Å². The van der Waals surface area contributed by atoms with Crippen molar-refractivity contribution in [3.8, 4) is 36.0 Å². The lowest BCUT2D eigenvalue weighted by atomic mass is 9.86. The van der Waals surface area contributed by atoms with Crippen molar-refractivity contribution in [2.45, 2.75) is 32.4 Å². The van der Waals surface area contributed by atoms with Crippen LogP contribution in [0.25, 0.3) is 0 Å². The summed E-state index contributed by atoms with van der Waals surface area (Å²) in [6, 6.07) is 8.32. The zero-order valence-electron chi connectivity index (χ0n) is 12.2. The highest BCUT2D eigenvalue weighted by Crippen LogP contribution is 2.22. The molecule has 0 aliphatic carbocycles. The third-order valence-corrected chi connectivity index (χ3v) is 2.83. The Morgan fingerprint density at radius 1 is 1.15 bits per heavy atom. The molecular formula is C18H20N2. The molecule has 0 aromatic heterocycles. The lowest BCUT2D eigenvalue weighted by Crippen LogP contribution is -2.29. The van der Waals surface area contributed by atoms with E-state index >= 15 is 0 Å². The normalized spacial score (nSPS) is 11.3. The van der Waals surface area contributed by atoms with E-state index in [1.165, 1.54) is 5.56 Å². The topological polar surface area (TPSA) is 38.0 Å². The van der Waals surface area contributed by atoms with Crippen LogP contribution in [-0.2, 0) is 5.41 Å². The molecule has 0 bridgehead atoms. The predicted octanol–water partition coefficient (Wildman–Crippen LogP) is 2.17.